The molecule has 0 aliphatic rings. The van der Waals surface area contributed by atoms with Crippen LogP contribution in [0.4, 0.5) is 0 Å². The van der Waals surface area contributed by atoms with Gasteiger partial charge >= 0.3 is 0 Å². The highest BCUT2D eigenvalue weighted by atomic mass is 32.2. The smallest absolute Gasteiger partial charge is 0.209 e. The summed E-state index contributed by atoms with van der Waals surface area (Å²) in [7, 11) is -3.64. The minimum absolute atomic E-state index is 0.314. The van der Waals surface area contributed by atoms with Crippen molar-refractivity contribution in [1.82, 2.24) is 9.30 Å². The fourth-order valence-corrected chi connectivity index (χ4v) is 6.16. The van der Waals surface area contributed by atoms with Crippen LogP contribution < -0.4 is 4.74 Å². The van der Waals surface area contributed by atoms with Crippen LogP contribution in [0.2, 0.25) is 0 Å². The summed E-state index contributed by atoms with van der Waals surface area (Å²) in [6.45, 7) is 12.3. The van der Waals surface area contributed by atoms with Gasteiger partial charge in [0.2, 0.25) is 9.84 Å². The number of hydrogen-bond acceptors (Lipinski definition) is 4. The van der Waals surface area contributed by atoms with Crippen molar-refractivity contribution >= 4 is 15.4 Å². The number of sulfone groups is 1. The first-order chi connectivity index (χ1) is 16.4. The van der Waals surface area contributed by atoms with Gasteiger partial charge in [0, 0.05) is 18.9 Å². The molecule has 6 heteroatoms. The van der Waals surface area contributed by atoms with E-state index in [1.54, 1.807) is 18.2 Å². The van der Waals surface area contributed by atoms with Crippen molar-refractivity contribution < 1.29 is 13.2 Å². The van der Waals surface area contributed by atoms with E-state index in [1.807, 2.05) is 48.8 Å². The summed E-state index contributed by atoms with van der Waals surface area (Å²) in [5.74, 6) is 0.755. The number of rotatable bonds is 14. The van der Waals surface area contributed by atoms with E-state index >= 15 is 0 Å². The van der Waals surface area contributed by atoms with Crippen LogP contribution in [0.25, 0.3) is 5.52 Å². The van der Waals surface area contributed by atoms with Crippen molar-refractivity contribution in [3.05, 3.63) is 59.9 Å². The molecule has 0 spiro atoms. The first kappa shape index (κ1) is 26.3. The minimum Gasteiger partial charge on any atom is -0.493 e. The molecule has 186 valence electrons. The van der Waals surface area contributed by atoms with Crippen LogP contribution in [0.5, 0.6) is 5.75 Å². The zero-order chi connectivity index (χ0) is 24.6. The third-order valence-electron chi connectivity index (χ3n) is 6.35. The molecule has 0 atom stereocenters. The number of aromatic nitrogens is 1. The van der Waals surface area contributed by atoms with E-state index in [4.69, 9.17) is 4.74 Å². The normalized spacial score (nSPS) is 12.0. The summed E-state index contributed by atoms with van der Waals surface area (Å²) in [5.41, 5.74) is 2.39. The van der Waals surface area contributed by atoms with Gasteiger partial charge in [-0.15, -0.1) is 0 Å². The maximum atomic E-state index is 13.6. The molecular weight excluding hydrogens is 444 g/mol. The van der Waals surface area contributed by atoms with Gasteiger partial charge < -0.3 is 14.0 Å². The van der Waals surface area contributed by atoms with Gasteiger partial charge in [-0.05, 0) is 87.2 Å². The molecule has 2 aromatic heterocycles. The van der Waals surface area contributed by atoms with Crippen LogP contribution in [0.15, 0.2) is 58.6 Å². The van der Waals surface area contributed by atoms with Crippen LogP contribution in [0, 0.1) is 6.92 Å². The summed E-state index contributed by atoms with van der Waals surface area (Å²) in [6.07, 6.45) is 10.3. The van der Waals surface area contributed by atoms with Crippen molar-refractivity contribution in [2.45, 2.75) is 76.0 Å². The Labute approximate surface area is 205 Å². The van der Waals surface area contributed by atoms with Crippen molar-refractivity contribution in [2.75, 3.05) is 26.2 Å². The van der Waals surface area contributed by atoms with E-state index in [-0.39, 0.29) is 0 Å². The topological polar surface area (TPSA) is 51.0 Å². The van der Waals surface area contributed by atoms with Crippen molar-refractivity contribution in [3.8, 4) is 5.75 Å². The zero-order valence-corrected chi connectivity index (χ0v) is 22.0. The lowest BCUT2D eigenvalue weighted by Crippen LogP contribution is -2.28. The van der Waals surface area contributed by atoms with Crippen LogP contribution in [0.1, 0.15) is 64.0 Å². The molecule has 0 aliphatic heterocycles. The summed E-state index contributed by atoms with van der Waals surface area (Å²) in [5, 5.41) is 0. The van der Waals surface area contributed by atoms with Crippen LogP contribution >= 0.6 is 0 Å². The maximum absolute atomic E-state index is 13.6. The number of pyridine rings is 1. The number of fused-ring (bicyclic) bond motifs is 1. The molecule has 0 saturated carbocycles. The fraction of sp³-hybridized carbons (Fsp3) is 0.500. The standard InChI is InChI=1S/C28H40N2O3S/c1-5-8-16-29(17-9-6-2)18-12-20-33-27-15-14-25(21-23(27)4)34(31,32)28-24(7-3)22-30-19-11-10-13-26(28)30/h10-11,13-15,19,21-22H,5-9,12,16-18,20H2,1-4H3. The molecule has 0 fully saturated rings. The number of hydrogen-bond donors (Lipinski definition) is 0. The van der Waals surface area contributed by atoms with E-state index in [0.29, 0.717) is 28.3 Å². The zero-order valence-electron chi connectivity index (χ0n) is 21.2. The Morgan fingerprint density at radius 3 is 2.29 bits per heavy atom. The van der Waals surface area contributed by atoms with Gasteiger partial charge in [0.15, 0.2) is 0 Å². The number of nitrogens with zero attached hydrogens (tertiary/aromatic N) is 2. The molecule has 34 heavy (non-hydrogen) atoms. The molecule has 0 aliphatic carbocycles. The average Bonchev–Trinajstić information content (AvgIpc) is 3.23. The first-order valence-corrected chi connectivity index (χ1v) is 14.2. The van der Waals surface area contributed by atoms with Crippen LogP contribution in [-0.4, -0.2) is 44.0 Å². The van der Waals surface area contributed by atoms with Crippen LogP contribution in [0.3, 0.4) is 0 Å². The molecule has 0 N–H and O–H groups in total. The highest BCUT2D eigenvalue weighted by Gasteiger charge is 2.25. The predicted octanol–water partition coefficient (Wildman–Crippen LogP) is 6.31. The third-order valence-corrected chi connectivity index (χ3v) is 8.23. The number of aryl methyl sites for hydroxylation is 2. The second-order valence-corrected chi connectivity index (χ2v) is 10.9. The fourth-order valence-electron chi connectivity index (χ4n) is 4.35. The minimum atomic E-state index is -3.64. The Balaban J connectivity index is 1.69. The second-order valence-electron chi connectivity index (χ2n) is 9.01. The second kappa shape index (κ2) is 12.4. The lowest BCUT2D eigenvalue weighted by atomic mass is 10.2. The number of unbranched alkanes of at least 4 members (excludes halogenated alkanes) is 2. The molecule has 5 nitrogen and oxygen atoms in total. The van der Waals surface area contributed by atoms with Gasteiger partial charge in [0.05, 0.1) is 17.0 Å². The Hall–Kier alpha value is -2.31. The first-order valence-electron chi connectivity index (χ1n) is 12.7. The van der Waals surface area contributed by atoms with E-state index in [2.05, 4.69) is 18.7 Å². The molecule has 2 heterocycles. The largest absolute Gasteiger partial charge is 0.493 e. The molecule has 0 amide bonds. The Bertz CT molecular complexity index is 1160. The number of ether oxygens (including phenoxy) is 1. The van der Waals surface area contributed by atoms with Crippen molar-refractivity contribution in [1.29, 1.82) is 0 Å². The summed E-state index contributed by atoms with van der Waals surface area (Å²) < 4.78 is 35.1. The van der Waals surface area contributed by atoms with E-state index < -0.39 is 9.84 Å². The maximum Gasteiger partial charge on any atom is 0.209 e. The van der Waals surface area contributed by atoms with Crippen molar-refractivity contribution in [2.24, 2.45) is 0 Å². The monoisotopic (exact) mass is 484 g/mol. The van der Waals surface area contributed by atoms with E-state index in [9.17, 15) is 8.42 Å². The number of benzene rings is 1. The van der Waals surface area contributed by atoms with Gasteiger partial charge in [0.1, 0.15) is 10.6 Å². The van der Waals surface area contributed by atoms with Gasteiger partial charge in [-0.25, -0.2) is 8.42 Å². The Kier molecular flexibility index (Phi) is 9.60. The molecule has 0 unspecified atom stereocenters. The summed E-state index contributed by atoms with van der Waals surface area (Å²) in [6, 6.07) is 10.9. The summed E-state index contributed by atoms with van der Waals surface area (Å²) >= 11 is 0. The average molecular weight is 485 g/mol. The lowest BCUT2D eigenvalue weighted by Gasteiger charge is -2.22. The summed E-state index contributed by atoms with van der Waals surface area (Å²) in [4.78, 5) is 3.25. The van der Waals surface area contributed by atoms with Crippen molar-refractivity contribution in [3.63, 3.8) is 0 Å². The van der Waals surface area contributed by atoms with Gasteiger partial charge in [-0.3, -0.25) is 0 Å². The highest BCUT2D eigenvalue weighted by Crippen LogP contribution is 2.32. The van der Waals surface area contributed by atoms with Crippen LogP contribution in [-0.2, 0) is 16.3 Å². The van der Waals surface area contributed by atoms with E-state index in [1.165, 1.54) is 25.7 Å². The SMILES string of the molecule is CCCCN(CCCC)CCCOc1ccc(S(=O)(=O)c2c(CC)cn3ccccc23)cc1C. The quantitative estimate of drug-likeness (QED) is 0.251. The molecule has 1 aromatic carbocycles. The highest BCUT2D eigenvalue weighted by molar-refractivity contribution is 7.91. The van der Waals surface area contributed by atoms with Gasteiger partial charge in [-0.1, -0.05) is 39.7 Å². The molecule has 0 saturated heterocycles. The molecular formula is C28H40N2O3S. The lowest BCUT2D eigenvalue weighted by molar-refractivity contribution is 0.228. The molecule has 3 aromatic rings. The van der Waals surface area contributed by atoms with Gasteiger partial charge in [0.25, 0.3) is 0 Å². The predicted molar refractivity (Wildman–Crippen MR) is 140 cm³/mol. The molecule has 3 rings (SSSR count). The molecule has 0 radical (unpaired) electrons. The Morgan fingerprint density at radius 1 is 0.941 bits per heavy atom. The third kappa shape index (κ3) is 6.22. The molecule has 0 bridgehead atoms. The van der Waals surface area contributed by atoms with Gasteiger partial charge in [-0.2, -0.15) is 0 Å². The van der Waals surface area contributed by atoms with E-state index in [0.717, 1.165) is 42.9 Å². The Morgan fingerprint density at radius 2 is 1.65 bits per heavy atom.